The van der Waals surface area contributed by atoms with Crippen LogP contribution in [0.1, 0.15) is 101 Å². The predicted octanol–water partition coefficient (Wildman–Crippen LogP) is 13.3. The van der Waals surface area contributed by atoms with E-state index in [4.69, 9.17) is 13.1 Å². The molecule has 2 heterocycles. The third kappa shape index (κ3) is 4.26. The van der Waals surface area contributed by atoms with Crippen molar-refractivity contribution in [2.75, 3.05) is 9.80 Å². The zero-order valence-electron chi connectivity index (χ0n) is 29.2. The van der Waals surface area contributed by atoms with Crippen molar-refractivity contribution < 1.29 is 0 Å². The van der Waals surface area contributed by atoms with Crippen LogP contribution < -0.4 is 9.80 Å². The van der Waals surface area contributed by atoms with E-state index < -0.39 is 0 Å². The smallest absolute Gasteiger partial charge is 0.220 e. The summed E-state index contributed by atoms with van der Waals surface area (Å²) in [5.41, 5.74) is 13.3. The van der Waals surface area contributed by atoms with Crippen LogP contribution in [0.2, 0.25) is 0 Å². The Kier molecular flexibility index (Phi) is 7.26. The second kappa shape index (κ2) is 11.1. The Morgan fingerprint density at radius 3 is 1.08 bits per heavy atom. The van der Waals surface area contributed by atoms with Gasteiger partial charge in [0.05, 0.1) is 35.9 Å². The van der Waals surface area contributed by atoms with Gasteiger partial charge in [-0.2, -0.15) is 0 Å². The maximum atomic E-state index is 8.81. The average Bonchev–Trinajstić information content (AvgIpc) is 3.08. The Balaban J connectivity index is 1.75. The Morgan fingerprint density at radius 2 is 0.771 bits per heavy atom. The normalized spacial score (nSPS) is 15.2. The molecule has 0 unspecified atom stereocenters. The number of rotatable bonds is 4. The fraction of sp³-hybridized carbons (Fsp3) is 0.273. The molecule has 0 radical (unpaired) electrons. The first-order valence-corrected chi connectivity index (χ1v) is 16.9. The minimum absolute atomic E-state index is 0.0337. The van der Waals surface area contributed by atoms with Crippen LogP contribution in [-0.2, 0) is 10.8 Å². The summed E-state index contributed by atoms with van der Waals surface area (Å²) in [5, 5.41) is 0. The Hall–Kier alpha value is -5.32. The molecule has 0 saturated carbocycles. The van der Waals surface area contributed by atoms with Crippen LogP contribution in [0.5, 0.6) is 0 Å². The first kappa shape index (κ1) is 31.3. The van der Waals surface area contributed by atoms with Gasteiger partial charge in [-0.15, -0.1) is 0 Å². The van der Waals surface area contributed by atoms with Crippen LogP contribution in [0.15, 0.2) is 97.1 Å². The topological polar surface area (TPSA) is 15.2 Å². The van der Waals surface area contributed by atoms with E-state index in [2.05, 4.69) is 172 Å². The summed E-state index contributed by atoms with van der Waals surface area (Å²) in [6.07, 6.45) is 0. The quantitative estimate of drug-likeness (QED) is 0.184. The van der Waals surface area contributed by atoms with Crippen LogP contribution in [0.25, 0.3) is 9.69 Å². The van der Waals surface area contributed by atoms with E-state index in [1.807, 2.05) is 0 Å². The van der Waals surface area contributed by atoms with E-state index in [1.165, 1.54) is 22.3 Å². The van der Waals surface area contributed by atoms with E-state index in [0.29, 0.717) is 11.4 Å². The van der Waals surface area contributed by atoms with Gasteiger partial charge >= 0.3 is 0 Å². The lowest BCUT2D eigenvalue weighted by Crippen LogP contribution is -2.34. The van der Waals surface area contributed by atoms with Gasteiger partial charge in [0.25, 0.3) is 0 Å². The molecule has 0 aliphatic carbocycles. The lowest BCUT2D eigenvalue weighted by atomic mass is 9.72. The van der Waals surface area contributed by atoms with Crippen LogP contribution in [0.3, 0.4) is 0 Å². The molecule has 0 saturated heterocycles. The number of hydrogen-bond acceptors (Lipinski definition) is 2. The van der Waals surface area contributed by atoms with Crippen LogP contribution in [0.4, 0.5) is 45.5 Å². The van der Waals surface area contributed by atoms with Gasteiger partial charge in [0.1, 0.15) is 0 Å². The van der Waals surface area contributed by atoms with Gasteiger partial charge in [0.2, 0.25) is 11.4 Å². The molecule has 0 amide bonds. The second-order valence-corrected chi connectivity index (χ2v) is 14.7. The molecule has 238 valence electrons. The predicted molar refractivity (Wildman–Crippen MR) is 201 cm³/mol. The van der Waals surface area contributed by atoms with Gasteiger partial charge in [0.15, 0.2) is 0 Å². The molecule has 0 N–H and O–H groups in total. The monoisotopic (exact) mass is 626 g/mol. The summed E-state index contributed by atoms with van der Waals surface area (Å²) in [4.78, 5) is 13.2. The summed E-state index contributed by atoms with van der Waals surface area (Å²) in [5.74, 6) is 0.101. The number of anilines is 6. The van der Waals surface area contributed by atoms with Gasteiger partial charge in [0, 0.05) is 22.2 Å². The summed E-state index contributed by atoms with van der Waals surface area (Å²) >= 11 is 0. The number of hydrogen-bond donors (Lipinski definition) is 0. The molecule has 4 nitrogen and oxygen atoms in total. The van der Waals surface area contributed by atoms with Crippen molar-refractivity contribution in [3.05, 3.63) is 153 Å². The van der Waals surface area contributed by atoms with Crippen LogP contribution >= 0.6 is 0 Å². The minimum atomic E-state index is -0.266. The average molecular weight is 627 g/mol. The van der Waals surface area contributed by atoms with Crippen molar-refractivity contribution in [2.24, 2.45) is 0 Å². The summed E-state index contributed by atoms with van der Waals surface area (Å²) in [7, 11) is 0. The summed E-state index contributed by atoms with van der Waals surface area (Å²) < 4.78 is 0. The molecule has 0 spiro atoms. The number of fused-ring (bicyclic) bond motifs is 4. The number of nitrogens with zero attached hydrogens (tertiary/aromatic N) is 4. The third-order valence-electron chi connectivity index (χ3n) is 10.6. The summed E-state index contributed by atoms with van der Waals surface area (Å²) in [6, 6.07) is 34.6. The van der Waals surface area contributed by atoms with E-state index in [0.717, 1.165) is 45.3 Å². The van der Waals surface area contributed by atoms with Crippen LogP contribution in [0, 0.1) is 13.1 Å². The molecule has 4 heteroatoms. The molecule has 0 aromatic heterocycles. The molecule has 2 aliphatic heterocycles. The van der Waals surface area contributed by atoms with Gasteiger partial charge in [-0.3, -0.25) is 0 Å². The maximum Gasteiger partial charge on any atom is 0.220 e. The SMILES string of the molecule is [C-]#[N+]c1c([N+]#[C-])c(N2c3ccccc3C(C)(C)c3ccccc32)c(N2c3ccccc3C(C)(C)c3ccccc32)c(C(C)C)c1C(C)C. The van der Waals surface area contributed by atoms with E-state index in [1.54, 1.807) is 0 Å². The van der Waals surface area contributed by atoms with Crippen molar-refractivity contribution in [3.63, 3.8) is 0 Å². The molecular formula is C44H42N4. The molecule has 2 aliphatic rings. The lowest BCUT2D eigenvalue weighted by Gasteiger charge is -2.47. The second-order valence-electron chi connectivity index (χ2n) is 14.7. The molecule has 0 atom stereocenters. The molecule has 5 aromatic rings. The van der Waals surface area contributed by atoms with E-state index >= 15 is 0 Å². The molecule has 5 aromatic carbocycles. The highest BCUT2D eigenvalue weighted by Crippen LogP contribution is 2.64. The van der Waals surface area contributed by atoms with E-state index in [-0.39, 0.29) is 22.7 Å². The Labute approximate surface area is 285 Å². The van der Waals surface area contributed by atoms with Crippen molar-refractivity contribution in [1.82, 2.24) is 0 Å². The standard InChI is InChI=1S/C44H42N4/c1-27(2)37-38(28(3)4)41(47-33-23-15-11-19-29(33)43(5,6)30-20-12-16-24-34(30)47)42(40(46-10)39(37)45-9)48-35-25-17-13-21-31(35)44(7,8)32-22-14-18-26-36(32)48/h11-28H,1-8H3. The minimum Gasteiger partial charge on any atom is -0.319 e. The largest absolute Gasteiger partial charge is 0.319 e. The highest BCUT2D eigenvalue weighted by molar-refractivity contribution is 6.07. The van der Waals surface area contributed by atoms with Gasteiger partial charge < -0.3 is 9.80 Å². The Morgan fingerprint density at radius 1 is 0.458 bits per heavy atom. The summed E-state index contributed by atoms with van der Waals surface area (Å²) in [6.45, 7) is 35.3. The van der Waals surface area contributed by atoms with Crippen LogP contribution in [-0.4, -0.2) is 0 Å². The third-order valence-corrected chi connectivity index (χ3v) is 10.6. The highest BCUT2D eigenvalue weighted by Gasteiger charge is 2.43. The van der Waals surface area contributed by atoms with Gasteiger partial charge in [-0.1, -0.05) is 128 Å². The first-order chi connectivity index (χ1) is 23.0. The molecule has 0 bridgehead atoms. The first-order valence-electron chi connectivity index (χ1n) is 16.9. The zero-order chi connectivity index (χ0) is 34.1. The lowest BCUT2D eigenvalue weighted by molar-refractivity contribution is 0.630. The molecule has 0 fully saturated rings. The molecular weight excluding hydrogens is 585 g/mol. The fourth-order valence-electron chi connectivity index (χ4n) is 8.38. The zero-order valence-corrected chi connectivity index (χ0v) is 29.2. The Bertz CT molecular complexity index is 2090. The van der Waals surface area contributed by atoms with Gasteiger partial charge in [-0.25, -0.2) is 9.69 Å². The molecule has 7 rings (SSSR count). The fourth-order valence-corrected chi connectivity index (χ4v) is 8.38. The number of benzene rings is 5. The van der Waals surface area contributed by atoms with Crippen molar-refractivity contribution in [3.8, 4) is 0 Å². The molecule has 48 heavy (non-hydrogen) atoms. The highest BCUT2D eigenvalue weighted by atomic mass is 15.2. The number of para-hydroxylation sites is 4. The van der Waals surface area contributed by atoms with Crippen molar-refractivity contribution in [2.45, 2.75) is 78.1 Å². The van der Waals surface area contributed by atoms with Gasteiger partial charge in [-0.05, 0) is 69.5 Å². The van der Waals surface area contributed by atoms with Crippen molar-refractivity contribution in [1.29, 1.82) is 0 Å². The maximum absolute atomic E-state index is 8.81. The van der Waals surface area contributed by atoms with E-state index in [9.17, 15) is 0 Å². The van der Waals surface area contributed by atoms with Crippen molar-refractivity contribution >= 4 is 45.5 Å².